The summed E-state index contributed by atoms with van der Waals surface area (Å²) in [7, 11) is 0. The molecule has 3 rings (SSSR count). The highest BCUT2D eigenvalue weighted by Crippen LogP contribution is 2.39. The van der Waals surface area contributed by atoms with Crippen molar-refractivity contribution in [3.63, 3.8) is 0 Å². The second-order valence-corrected chi connectivity index (χ2v) is 3.90. The number of aliphatic hydroxyl groups excluding tert-OH is 1. The smallest absolute Gasteiger partial charge is 0.163 e. The number of aliphatic hydroxyl groups is 1. The summed E-state index contributed by atoms with van der Waals surface area (Å²) in [5, 5.41) is 9.79. The molecule has 0 unspecified atom stereocenters. The van der Waals surface area contributed by atoms with E-state index in [1.807, 2.05) is 24.3 Å². The van der Waals surface area contributed by atoms with Crippen molar-refractivity contribution in [3.8, 4) is 0 Å². The summed E-state index contributed by atoms with van der Waals surface area (Å²) in [4.78, 5) is 11.7. The van der Waals surface area contributed by atoms with Crippen molar-refractivity contribution in [1.82, 2.24) is 0 Å². The van der Waals surface area contributed by atoms with Crippen molar-refractivity contribution in [2.75, 3.05) is 0 Å². The quantitative estimate of drug-likeness (QED) is 0.695. The molecule has 2 aliphatic carbocycles. The summed E-state index contributed by atoms with van der Waals surface area (Å²) in [6.45, 7) is 0. The minimum absolute atomic E-state index is 0.138. The molecular formula is C13H10O2. The zero-order chi connectivity index (χ0) is 10.4. The Labute approximate surface area is 87.6 Å². The Hall–Kier alpha value is -1.83. The molecule has 2 heteroatoms. The molecule has 15 heavy (non-hydrogen) atoms. The van der Waals surface area contributed by atoms with Crippen LogP contribution in [0.3, 0.4) is 0 Å². The molecule has 0 fully saturated rings. The molecule has 2 aliphatic rings. The van der Waals surface area contributed by atoms with Gasteiger partial charge in [-0.25, -0.2) is 0 Å². The molecule has 0 aliphatic heterocycles. The summed E-state index contributed by atoms with van der Waals surface area (Å²) in [6, 6.07) is 7.86. The van der Waals surface area contributed by atoms with Gasteiger partial charge in [-0.1, -0.05) is 24.3 Å². The third-order valence-electron chi connectivity index (χ3n) is 3.03. The van der Waals surface area contributed by atoms with E-state index in [1.54, 1.807) is 6.08 Å². The van der Waals surface area contributed by atoms with Crippen LogP contribution in [0.1, 0.15) is 17.5 Å². The lowest BCUT2D eigenvalue weighted by molar-refractivity contribution is -0.114. The summed E-state index contributed by atoms with van der Waals surface area (Å²) >= 11 is 0. The van der Waals surface area contributed by atoms with Gasteiger partial charge in [0.2, 0.25) is 0 Å². The van der Waals surface area contributed by atoms with Gasteiger partial charge in [0.25, 0.3) is 0 Å². The number of rotatable bonds is 0. The van der Waals surface area contributed by atoms with Gasteiger partial charge in [0.1, 0.15) is 5.76 Å². The Morgan fingerprint density at radius 1 is 1.20 bits per heavy atom. The van der Waals surface area contributed by atoms with Crippen LogP contribution in [-0.4, -0.2) is 10.9 Å². The molecule has 1 aromatic carbocycles. The van der Waals surface area contributed by atoms with E-state index in [0.717, 1.165) is 22.3 Å². The van der Waals surface area contributed by atoms with Crippen molar-refractivity contribution in [3.05, 3.63) is 52.8 Å². The first-order valence-corrected chi connectivity index (χ1v) is 5.01. The molecule has 1 N–H and O–H groups in total. The number of benzene rings is 1. The Bertz CT molecular complexity index is 521. The average molecular weight is 198 g/mol. The van der Waals surface area contributed by atoms with E-state index in [4.69, 9.17) is 0 Å². The van der Waals surface area contributed by atoms with Gasteiger partial charge in [-0.3, -0.25) is 4.79 Å². The molecule has 0 atom stereocenters. The lowest BCUT2D eigenvalue weighted by atomic mass is 9.95. The third kappa shape index (κ3) is 1.08. The maximum atomic E-state index is 11.7. The molecule has 0 aromatic heterocycles. The van der Waals surface area contributed by atoms with Crippen molar-refractivity contribution in [1.29, 1.82) is 0 Å². The number of fused-ring (bicyclic) bond motifs is 2. The van der Waals surface area contributed by atoms with E-state index in [9.17, 15) is 9.90 Å². The molecule has 0 bridgehead atoms. The molecule has 0 saturated heterocycles. The lowest BCUT2D eigenvalue weighted by Gasteiger charge is -2.11. The van der Waals surface area contributed by atoms with Gasteiger partial charge in [0.15, 0.2) is 5.78 Å². The van der Waals surface area contributed by atoms with Gasteiger partial charge in [-0.2, -0.15) is 0 Å². The number of ketones is 1. The van der Waals surface area contributed by atoms with E-state index >= 15 is 0 Å². The Morgan fingerprint density at radius 2 is 2.00 bits per heavy atom. The van der Waals surface area contributed by atoms with Gasteiger partial charge in [0.05, 0.1) is 0 Å². The highest BCUT2D eigenvalue weighted by Gasteiger charge is 2.29. The first-order valence-electron chi connectivity index (χ1n) is 5.01. The van der Waals surface area contributed by atoms with Crippen LogP contribution in [0.5, 0.6) is 0 Å². The summed E-state index contributed by atoms with van der Waals surface area (Å²) < 4.78 is 0. The zero-order valence-corrected chi connectivity index (χ0v) is 8.16. The number of allylic oxidation sites excluding steroid dienone is 3. The fraction of sp³-hybridized carbons (Fsp3) is 0.154. The predicted molar refractivity (Wildman–Crippen MR) is 57.4 cm³/mol. The number of hydrogen-bond acceptors (Lipinski definition) is 2. The van der Waals surface area contributed by atoms with E-state index in [1.165, 1.54) is 0 Å². The van der Waals surface area contributed by atoms with Crippen LogP contribution in [0.25, 0.3) is 5.57 Å². The third-order valence-corrected chi connectivity index (χ3v) is 3.03. The molecule has 0 amide bonds. The summed E-state index contributed by atoms with van der Waals surface area (Å²) in [5.74, 6) is 0.397. The van der Waals surface area contributed by atoms with Crippen molar-refractivity contribution in [2.24, 2.45) is 0 Å². The van der Waals surface area contributed by atoms with Crippen LogP contribution in [-0.2, 0) is 11.2 Å². The van der Waals surface area contributed by atoms with Crippen LogP contribution >= 0.6 is 0 Å². The van der Waals surface area contributed by atoms with E-state index in [0.29, 0.717) is 12.8 Å². The summed E-state index contributed by atoms with van der Waals surface area (Å²) in [6.07, 6.45) is 2.60. The van der Waals surface area contributed by atoms with Gasteiger partial charge >= 0.3 is 0 Å². The van der Waals surface area contributed by atoms with Gasteiger partial charge < -0.3 is 5.11 Å². The normalized spacial score (nSPS) is 18.7. The molecule has 2 nitrogen and oxygen atoms in total. The number of Topliss-reactive ketones (excluding diaryl/α,β-unsaturated/α-hetero) is 1. The fourth-order valence-corrected chi connectivity index (χ4v) is 2.30. The van der Waals surface area contributed by atoms with Crippen LogP contribution in [0.15, 0.2) is 41.7 Å². The van der Waals surface area contributed by atoms with Crippen LogP contribution < -0.4 is 0 Å². The van der Waals surface area contributed by atoms with Gasteiger partial charge in [-0.05, 0) is 17.2 Å². The Kier molecular flexibility index (Phi) is 1.60. The SMILES string of the molecule is O=C1CC=C(O)C2=C1Cc1ccccc12. The number of carbonyl (C=O) groups is 1. The number of carbonyl (C=O) groups excluding carboxylic acids is 1. The van der Waals surface area contributed by atoms with Crippen LogP contribution in [0, 0.1) is 0 Å². The minimum atomic E-state index is 0.138. The first kappa shape index (κ1) is 8.48. The second kappa shape index (κ2) is 2.83. The fourth-order valence-electron chi connectivity index (χ4n) is 2.30. The van der Waals surface area contributed by atoms with Crippen LogP contribution in [0.4, 0.5) is 0 Å². The minimum Gasteiger partial charge on any atom is -0.508 e. The average Bonchev–Trinajstić information content (AvgIpc) is 2.64. The summed E-state index contributed by atoms with van der Waals surface area (Å²) in [5.41, 5.74) is 3.67. The van der Waals surface area contributed by atoms with Crippen molar-refractivity contribution in [2.45, 2.75) is 12.8 Å². The molecule has 0 heterocycles. The van der Waals surface area contributed by atoms with Crippen molar-refractivity contribution < 1.29 is 9.90 Å². The molecule has 0 spiro atoms. The second-order valence-electron chi connectivity index (χ2n) is 3.90. The Morgan fingerprint density at radius 3 is 2.87 bits per heavy atom. The monoisotopic (exact) mass is 198 g/mol. The highest BCUT2D eigenvalue weighted by atomic mass is 16.3. The maximum Gasteiger partial charge on any atom is 0.163 e. The van der Waals surface area contributed by atoms with Gasteiger partial charge in [-0.15, -0.1) is 0 Å². The zero-order valence-electron chi connectivity index (χ0n) is 8.16. The topological polar surface area (TPSA) is 37.3 Å². The molecule has 0 saturated carbocycles. The standard InChI is InChI=1S/C13H10O2/c14-11-5-6-12(15)13-9-4-2-1-3-8(9)7-10(11)13/h1-4,6,15H,5,7H2. The van der Waals surface area contributed by atoms with Crippen molar-refractivity contribution >= 4 is 11.4 Å². The van der Waals surface area contributed by atoms with E-state index in [2.05, 4.69) is 0 Å². The number of hydrogen-bond donors (Lipinski definition) is 1. The Balaban J connectivity index is 2.24. The van der Waals surface area contributed by atoms with E-state index < -0.39 is 0 Å². The van der Waals surface area contributed by atoms with Gasteiger partial charge in [0, 0.05) is 24.0 Å². The molecule has 1 aromatic rings. The van der Waals surface area contributed by atoms with E-state index in [-0.39, 0.29) is 11.5 Å². The molecular weight excluding hydrogens is 188 g/mol. The maximum absolute atomic E-state index is 11.7. The largest absolute Gasteiger partial charge is 0.508 e. The van der Waals surface area contributed by atoms with Crippen LogP contribution in [0.2, 0.25) is 0 Å². The molecule has 74 valence electrons. The highest BCUT2D eigenvalue weighted by molar-refractivity contribution is 6.10. The lowest BCUT2D eigenvalue weighted by Crippen LogP contribution is -2.08. The first-order chi connectivity index (χ1) is 7.27. The molecule has 0 radical (unpaired) electrons. The predicted octanol–water partition coefficient (Wildman–Crippen LogP) is 2.41.